The van der Waals surface area contributed by atoms with Crippen LogP contribution < -0.4 is 0 Å². The lowest BCUT2D eigenvalue weighted by Gasteiger charge is -2.25. The van der Waals surface area contributed by atoms with Gasteiger partial charge in [0.25, 0.3) is 11.8 Å². The van der Waals surface area contributed by atoms with Gasteiger partial charge in [0.05, 0.1) is 5.56 Å². The molecular weight excluding hydrogens is 283 g/mol. The first kappa shape index (κ1) is 16.9. The van der Waals surface area contributed by atoms with Crippen molar-refractivity contribution in [3.63, 3.8) is 0 Å². The molecule has 0 aliphatic rings. The molecule has 2 amide bonds. The number of carbonyl (C=O) groups is 2. The molecule has 0 spiro atoms. The monoisotopic (exact) mass is 299 g/mol. The third kappa shape index (κ3) is 3.93. The van der Waals surface area contributed by atoms with Crippen molar-refractivity contribution in [1.29, 1.82) is 0 Å². The fourth-order valence-electron chi connectivity index (χ4n) is 1.71. The predicted octanol–water partition coefficient (Wildman–Crippen LogP) is 3.66. The number of hydrogen-bond donors (Lipinski definition) is 0. The number of amides is 2. The number of imide groups is 1. The highest BCUT2D eigenvalue weighted by Gasteiger charge is 2.31. The molecule has 6 heteroatoms. The second-order valence-electron chi connectivity index (χ2n) is 4.93. The molecule has 3 nitrogen and oxygen atoms in total. The van der Waals surface area contributed by atoms with Crippen LogP contribution >= 0.6 is 0 Å². The van der Waals surface area contributed by atoms with E-state index in [1.54, 1.807) is 13.8 Å². The molecule has 1 rings (SSSR count). The maximum atomic E-state index is 12.5. The summed E-state index contributed by atoms with van der Waals surface area (Å²) in [5.41, 5.74) is -0.642. The predicted molar refractivity (Wildman–Crippen MR) is 72.6 cm³/mol. The molecular formula is C15H16F3NO2. The van der Waals surface area contributed by atoms with E-state index in [9.17, 15) is 22.8 Å². The fraction of sp³-hybridized carbons (Fsp3) is 0.333. The SMILES string of the molecule is C=C(C)C(=O)N(C(=O)c1ccc(C(F)(F)F)cc1)C(C)C. The highest BCUT2D eigenvalue weighted by molar-refractivity contribution is 6.09. The summed E-state index contributed by atoms with van der Waals surface area (Å²) in [5, 5.41) is 0. The number of halogens is 3. The van der Waals surface area contributed by atoms with E-state index in [0.717, 1.165) is 29.2 Å². The Hall–Kier alpha value is -2.11. The average molecular weight is 299 g/mol. The van der Waals surface area contributed by atoms with Gasteiger partial charge in [0.1, 0.15) is 0 Å². The topological polar surface area (TPSA) is 37.4 Å². The number of alkyl halides is 3. The van der Waals surface area contributed by atoms with E-state index in [4.69, 9.17) is 0 Å². The van der Waals surface area contributed by atoms with E-state index >= 15 is 0 Å². The van der Waals surface area contributed by atoms with Crippen molar-refractivity contribution < 1.29 is 22.8 Å². The van der Waals surface area contributed by atoms with Gasteiger partial charge in [0.2, 0.25) is 0 Å². The Kier molecular flexibility index (Phi) is 4.93. The molecule has 0 N–H and O–H groups in total. The van der Waals surface area contributed by atoms with E-state index in [1.165, 1.54) is 6.92 Å². The Balaban J connectivity index is 3.11. The van der Waals surface area contributed by atoms with Gasteiger partial charge in [-0.15, -0.1) is 0 Å². The van der Waals surface area contributed by atoms with Crippen LogP contribution in [0.1, 0.15) is 36.7 Å². The smallest absolute Gasteiger partial charge is 0.272 e. The van der Waals surface area contributed by atoms with E-state index in [1.807, 2.05) is 0 Å². The maximum absolute atomic E-state index is 12.5. The van der Waals surface area contributed by atoms with Crippen LogP contribution in [0.4, 0.5) is 13.2 Å². The zero-order valence-electron chi connectivity index (χ0n) is 12.0. The zero-order valence-corrected chi connectivity index (χ0v) is 12.0. The van der Waals surface area contributed by atoms with Gasteiger partial charge < -0.3 is 0 Å². The van der Waals surface area contributed by atoms with Gasteiger partial charge in [-0.25, -0.2) is 0 Å². The van der Waals surface area contributed by atoms with Crippen LogP contribution in [0.2, 0.25) is 0 Å². The Morgan fingerprint density at radius 1 is 1.14 bits per heavy atom. The molecule has 114 valence electrons. The van der Waals surface area contributed by atoms with Gasteiger partial charge in [-0.1, -0.05) is 6.58 Å². The van der Waals surface area contributed by atoms with E-state index in [0.29, 0.717) is 0 Å². The van der Waals surface area contributed by atoms with Crippen LogP contribution in [0.25, 0.3) is 0 Å². The summed E-state index contributed by atoms with van der Waals surface area (Å²) in [6, 6.07) is 3.33. The molecule has 1 aromatic rings. The minimum atomic E-state index is -4.47. The highest BCUT2D eigenvalue weighted by atomic mass is 19.4. The Morgan fingerprint density at radius 3 is 1.95 bits per heavy atom. The van der Waals surface area contributed by atoms with E-state index in [2.05, 4.69) is 6.58 Å². The molecule has 0 radical (unpaired) electrons. The molecule has 0 saturated heterocycles. The maximum Gasteiger partial charge on any atom is 0.416 e. The van der Waals surface area contributed by atoms with Gasteiger partial charge in [-0.2, -0.15) is 13.2 Å². The molecule has 21 heavy (non-hydrogen) atoms. The second-order valence-corrected chi connectivity index (χ2v) is 4.93. The van der Waals surface area contributed by atoms with Crippen molar-refractivity contribution >= 4 is 11.8 Å². The van der Waals surface area contributed by atoms with Gasteiger partial charge >= 0.3 is 6.18 Å². The first-order valence-electron chi connectivity index (χ1n) is 6.26. The van der Waals surface area contributed by atoms with Crippen molar-refractivity contribution in [1.82, 2.24) is 4.90 Å². The van der Waals surface area contributed by atoms with Crippen molar-refractivity contribution in [2.24, 2.45) is 0 Å². The summed E-state index contributed by atoms with van der Waals surface area (Å²) < 4.78 is 37.4. The second kappa shape index (κ2) is 6.11. The van der Waals surface area contributed by atoms with Crippen LogP contribution in [-0.4, -0.2) is 22.8 Å². The molecule has 0 aliphatic carbocycles. The first-order chi connectivity index (χ1) is 9.55. The fourth-order valence-corrected chi connectivity index (χ4v) is 1.71. The molecule has 0 fully saturated rings. The molecule has 0 aliphatic heterocycles. The van der Waals surface area contributed by atoms with Crippen LogP contribution in [0.3, 0.4) is 0 Å². The summed E-state index contributed by atoms with van der Waals surface area (Å²) >= 11 is 0. The number of benzene rings is 1. The number of nitrogens with zero attached hydrogens (tertiary/aromatic N) is 1. The Labute approximate surface area is 121 Å². The summed E-state index contributed by atoms with van der Waals surface area (Å²) in [6.07, 6.45) is -4.47. The number of rotatable bonds is 3. The van der Waals surface area contributed by atoms with Crippen molar-refractivity contribution in [2.45, 2.75) is 33.0 Å². The quantitative estimate of drug-likeness (QED) is 0.799. The van der Waals surface area contributed by atoms with E-state index in [-0.39, 0.29) is 11.1 Å². The highest BCUT2D eigenvalue weighted by Crippen LogP contribution is 2.29. The van der Waals surface area contributed by atoms with E-state index < -0.39 is 29.6 Å². The molecule has 0 aromatic heterocycles. The summed E-state index contributed by atoms with van der Waals surface area (Å²) in [7, 11) is 0. The normalized spacial score (nSPS) is 11.4. The Bertz CT molecular complexity index is 559. The summed E-state index contributed by atoms with van der Waals surface area (Å²) in [4.78, 5) is 25.2. The third-order valence-electron chi connectivity index (χ3n) is 2.78. The number of hydrogen-bond acceptors (Lipinski definition) is 2. The van der Waals surface area contributed by atoms with Gasteiger partial charge in [0.15, 0.2) is 0 Å². The standard InChI is InChI=1S/C15H16F3NO2/c1-9(2)13(20)19(10(3)4)14(21)11-5-7-12(8-6-11)15(16,17)18/h5-8,10H,1H2,2-4H3. The van der Waals surface area contributed by atoms with Crippen molar-refractivity contribution in [3.8, 4) is 0 Å². The zero-order chi connectivity index (χ0) is 16.4. The van der Waals surface area contributed by atoms with Crippen LogP contribution in [-0.2, 0) is 11.0 Å². The first-order valence-corrected chi connectivity index (χ1v) is 6.26. The van der Waals surface area contributed by atoms with Crippen LogP contribution in [0, 0.1) is 0 Å². The lowest BCUT2D eigenvalue weighted by atomic mass is 10.1. The molecule has 0 saturated carbocycles. The molecule has 0 heterocycles. The van der Waals surface area contributed by atoms with Gasteiger partial charge in [0, 0.05) is 17.2 Å². The summed E-state index contributed by atoms with van der Waals surface area (Å²) in [5.74, 6) is -1.19. The average Bonchev–Trinajstić information content (AvgIpc) is 2.37. The molecule has 0 bridgehead atoms. The van der Waals surface area contributed by atoms with Crippen molar-refractivity contribution in [3.05, 3.63) is 47.5 Å². The largest absolute Gasteiger partial charge is 0.416 e. The van der Waals surface area contributed by atoms with Gasteiger partial charge in [-0.05, 0) is 45.0 Å². The van der Waals surface area contributed by atoms with Crippen molar-refractivity contribution in [2.75, 3.05) is 0 Å². The van der Waals surface area contributed by atoms with Crippen LogP contribution in [0.5, 0.6) is 0 Å². The van der Waals surface area contributed by atoms with Crippen LogP contribution in [0.15, 0.2) is 36.4 Å². The lowest BCUT2D eigenvalue weighted by molar-refractivity contribution is -0.137. The summed E-state index contributed by atoms with van der Waals surface area (Å²) in [6.45, 7) is 8.24. The van der Waals surface area contributed by atoms with Gasteiger partial charge in [-0.3, -0.25) is 14.5 Å². The third-order valence-corrected chi connectivity index (χ3v) is 2.78. The minimum absolute atomic E-state index is 0.0197. The minimum Gasteiger partial charge on any atom is -0.272 e. The Morgan fingerprint density at radius 2 is 1.62 bits per heavy atom. The molecule has 0 unspecified atom stereocenters. The molecule has 1 aromatic carbocycles. The lowest BCUT2D eigenvalue weighted by Crippen LogP contribution is -2.42. The number of carbonyl (C=O) groups excluding carboxylic acids is 2. The molecule has 0 atom stereocenters.